The van der Waals surface area contributed by atoms with Gasteiger partial charge in [-0.15, -0.1) is 0 Å². The standard InChI is InChI=1S/C82H160O17P2/c1-9-75(8)61-53-45-37-29-23-19-16-17-21-25-31-39-48-56-64-81(86)98-78(69-93-80(85)63-55-47-41-33-36-44-52-60-74(6)7)71-97-101(90,91)95-67-76(83)66-94-100(88,89)96-70-77(99-82(87)65-57-49-40-32-26-28-35-43-51-59-73(4)5)68-92-79(84)62-54-46-38-30-24-20-15-13-11-10-12-14-18-22-27-34-42-50-58-72(2)3/h72-78,83H,9-71H2,1-8H3,(H,88,89)(H,90,91)/t75?,76?,77-,78-/m1/s1. The van der Waals surface area contributed by atoms with Crippen LogP contribution in [0.2, 0.25) is 0 Å². The highest BCUT2D eigenvalue weighted by Crippen LogP contribution is 2.45. The van der Waals surface area contributed by atoms with Crippen LogP contribution in [-0.4, -0.2) is 96.7 Å². The Morgan fingerprint density at radius 1 is 0.277 bits per heavy atom. The molecule has 4 unspecified atom stereocenters. The van der Waals surface area contributed by atoms with Gasteiger partial charge in [0.15, 0.2) is 12.2 Å². The minimum Gasteiger partial charge on any atom is -0.462 e. The first-order chi connectivity index (χ1) is 48.6. The molecule has 0 heterocycles. The van der Waals surface area contributed by atoms with E-state index in [2.05, 4.69) is 55.4 Å². The molecule has 0 bridgehead atoms. The number of hydrogen-bond donors (Lipinski definition) is 3. The van der Waals surface area contributed by atoms with Crippen LogP contribution in [0.4, 0.5) is 0 Å². The maximum Gasteiger partial charge on any atom is 0.472 e. The van der Waals surface area contributed by atoms with Gasteiger partial charge in [-0.05, 0) is 49.4 Å². The van der Waals surface area contributed by atoms with Crippen LogP contribution in [0.5, 0.6) is 0 Å². The van der Waals surface area contributed by atoms with Gasteiger partial charge in [0.25, 0.3) is 0 Å². The highest BCUT2D eigenvalue weighted by atomic mass is 31.2. The average molecular weight is 1480 g/mol. The zero-order chi connectivity index (χ0) is 74.6. The lowest BCUT2D eigenvalue weighted by atomic mass is 9.99. The third-order valence-electron chi connectivity index (χ3n) is 19.4. The van der Waals surface area contributed by atoms with Crippen molar-refractivity contribution in [2.45, 2.75) is 440 Å². The van der Waals surface area contributed by atoms with E-state index in [-0.39, 0.29) is 25.7 Å². The third-order valence-corrected chi connectivity index (χ3v) is 21.3. The second-order valence-electron chi connectivity index (χ2n) is 31.2. The molecule has 0 spiro atoms. The summed E-state index contributed by atoms with van der Waals surface area (Å²) in [7, 11) is -9.92. The number of aliphatic hydroxyl groups excluding tert-OH is 1. The van der Waals surface area contributed by atoms with Crippen molar-refractivity contribution < 1.29 is 80.2 Å². The average Bonchev–Trinajstić information content (AvgIpc) is 0.929. The Morgan fingerprint density at radius 2 is 0.475 bits per heavy atom. The van der Waals surface area contributed by atoms with Crippen molar-refractivity contribution in [3.8, 4) is 0 Å². The first kappa shape index (κ1) is 99.1. The summed E-state index contributed by atoms with van der Waals surface area (Å²) in [5.41, 5.74) is 0. The molecule has 19 heteroatoms. The van der Waals surface area contributed by atoms with Gasteiger partial charge in [-0.25, -0.2) is 9.13 Å². The third kappa shape index (κ3) is 74.7. The SMILES string of the molecule is CCC(C)CCCCCCCCCCCCCCCCC(=O)O[C@H](COC(=O)CCCCCCCCCC(C)C)COP(=O)(O)OCC(O)COP(=O)(O)OC[C@@H](COC(=O)CCCCCCCCCCCCCCCCCCCCC(C)C)OC(=O)CCCCCCCCCCCC(C)C. The van der Waals surface area contributed by atoms with Crippen molar-refractivity contribution in [1.82, 2.24) is 0 Å². The molecule has 0 aromatic rings. The predicted octanol–water partition coefficient (Wildman–Crippen LogP) is 24.4. The number of unbranched alkanes of at least 4 members (excludes halogenated alkanes) is 44. The van der Waals surface area contributed by atoms with Crippen molar-refractivity contribution in [2.75, 3.05) is 39.6 Å². The highest BCUT2D eigenvalue weighted by Gasteiger charge is 2.30. The molecule has 17 nitrogen and oxygen atoms in total. The lowest BCUT2D eigenvalue weighted by Crippen LogP contribution is -2.30. The van der Waals surface area contributed by atoms with Crippen LogP contribution in [0.25, 0.3) is 0 Å². The predicted molar refractivity (Wildman–Crippen MR) is 414 cm³/mol. The molecular formula is C82H160O17P2. The van der Waals surface area contributed by atoms with Crippen LogP contribution in [0, 0.1) is 23.7 Å². The van der Waals surface area contributed by atoms with Gasteiger partial charge in [0, 0.05) is 25.7 Å². The van der Waals surface area contributed by atoms with E-state index < -0.39 is 97.5 Å². The fourth-order valence-electron chi connectivity index (χ4n) is 12.6. The Balaban J connectivity index is 5.17. The summed E-state index contributed by atoms with van der Waals surface area (Å²) in [5.74, 6) is 0.995. The monoisotopic (exact) mass is 1480 g/mol. The summed E-state index contributed by atoms with van der Waals surface area (Å²) < 4.78 is 68.7. The molecule has 0 aliphatic heterocycles. The summed E-state index contributed by atoms with van der Waals surface area (Å²) in [6.45, 7) is 14.3. The summed E-state index contributed by atoms with van der Waals surface area (Å²) in [6.07, 6.45) is 58.4. The Morgan fingerprint density at radius 3 is 0.703 bits per heavy atom. The van der Waals surface area contributed by atoms with Gasteiger partial charge in [-0.2, -0.15) is 0 Å². The molecule has 600 valence electrons. The maximum atomic E-state index is 13.1. The van der Waals surface area contributed by atoms with Gasteiger partial charge < -0.3 is 33.8 Å². The van der Waals surface area contributed by atoms with Gasteiger partial charge in [-0.1, -0.05) is 370 Å². The Bertz CT molecular complexity index is 1970. The number of ether oxygens (including phenoxy) is 4. The summed E-state index contributed by atoms with van der Waals surface area (Å²) in [6, 6.07) is 0. The molecule has 0 fully saturated rings. The molecule has 0 aromatic heterocycles. The zero-order valence-electron chi connectivity index (χ0n) is 66.5. The van der Waals surface area contributed by atoms with Crippen LogP contribution in [0.1, 0.15) is 421 Å². The van der Waals surface area contributed by atoms with Gasteiger partial charge in [0.05, 0.1) is 26.4 Å². The van der Waals surface area contributed by atoms with Gasteiger partial charge in [0.1, 0.15) is 19.3 Å². The van der Waals surface area contributed by atoms with E-state index in [0.29, 0.717) is 31.6 Å². The van der Waals surface area contributed by atoms with Crippen LogP contribution < -0.4 is 0 Å². The van der Waals surface area contributed by atoms with Crippen molar-refractivity contribution >= 4 is 39.5 Å². The molecule has 0 aromatic carbocycles. The van der Waals surface area contributed by atoms with Gasteiger partial charge in [-0.3, -0.25) is 37.3 Å². The summed E-state index contributed by atoms with van der Waals surface area (Å²) in [4.78, 5) is 73.0. The Hall–Kier alpha value is -1.94. The van der Waals surface area contributed by atoms with E-state index in [9.17, 15) is 43.2 Å². The smallest absolute Gasteiger partial charge is 0.462 e. The van der Waals surface area contributed by atoms with Crippen LogP contribution in [0.3, 0.4) is 0 Å². The first-order valence-corrected chi connectivity index (χ1v) is 45.2. The second kappa shape index (κ2) is 71.0. The zero-order valence-corrected chi connectivity index (χ0v) is 68.3. The van der Waals surface area contributed by atoms with Crippen molar-refractivity contribution in [1.29, 1.82) is 0 Å². The Kier molecular flexibility index (Phi) is 69.6. The molecular weight excluding hydrogens is 1320 g/mol. The number of carbonyl (C=O) groups is 4. The fourth-order valence-corrected chi connectivity index (χ4v) is 14.2. The number of aliphatic hydroxyl groups is 1. The first-order valence-electron chi connectivity index (χ1n) is 42.2. The molecule has 0 amide bonds. The minimum atomic E-state index is -4.96. The van der Waals surface area contributed by atoms with E-state index in [1.165, 1.54) is 218 Å². The van der Waals surface area contributed by atoms with Crippen molar-refractivity contribution in [2.24, 2.45) is 23.7 Å². The van der Waals surface area contributed by atoms with Crippen LogP contribution in [0.15, 0.2) is 0 Å². The number of phosphoric acid groups is 2. The van der Waals surface area contributed by atoms with Gasteiger partial charge >= 0.3 is 39.5 Å². The molecule has 0 aliphatic carbocycles. The summed E-state index contributed by atoms with van der Waals surface area (Å²) in [5, 5.41) is 10.6. The second-order valence-corrected chi connectivity index (χ2v) is 34.1. The molecule has 0 saturated heterocycles. The van der Waals surface area contributed by atoms with Crippen LogP contribution in [-0.2, 0) is 65.4 Å². The molecule has 101 heavy (non-hydrogen) atoms. The minimum absolute atomic E-state index is 0.105. The number of phosphoric ester groups is 2. The highest BCUT2D eigenvalue weighted by molar-refractivity contribution is 7.47. The largest absolute Gasteiger partial charge is 0.472 e. The lowest BCUT2D eigenvalue weighted by molar-refractivity contribution is -0.161. The van der Waals surface area contributed by atoms with E-state index in [1.54, 1.807) is 0 Å². The van der Waals surface area contributed by atoms with E-state index >= 15 is 0 Å². The lowest BCUT2D eigenvalue weighted by Gasteiger charge is -2.21. The fraction of sp³-hybridized carbons (Fsp3) is 0.951. The van der Waals surface area contributed by atoms with E-state index in [4.69, 9.17) is 37.0 Å². The Labute approximate surface area is 619 Å². The summed E-state index contributed by atoms with van der Waals surface area (Å²) >= 11 is 0. The molecule has 0 rings (SSSR count). The molecule has 3 N–H and O–H groups in total. The molecule has 0 radical (unpaired) electrons. The molecule has 0 aliphatic rings. The number of carbonyl (C=O) groups excluding carboxylic acids is 4. The quantitative estimate of drug-likeness (QED) is 0.0222. The number of hydrogen-bond acceptors (Lipinski definition) is 15. The molecule has 0 saturated carbocycles. The number of esters is 4. The van der Waals surface area contributed by atoms with E-state index in [1.807, 2.05) is 0 Å². The number of rotatable bonds is 79. The molecule has 6 atom stereocenters. The normalized spacial score (nSPS) is 14.3. The van der Waals surface area contributed by atoms with E-state index in [0.717, 1.165) is 114 Å². The van der Waals surface area contributed by atoms with Gasteiger partial charge in [0.2, 0.25) is 0 Å². The van der Waals surface area contributed by atoms with Crippen molar-refractivity contribution in [3.63, 3.8) is 0 Å². The maximum absolute atomic E-state index is 13.1. The topological polar surface area (TPSA) is 237 Å². The van der Waals surface area contributed by atoms with Crippen LogP contribution >= 0.6 is 15.6 Å². The van der Waals surface area contributed by atoms with Crippen molar-refractivity contribution in [3.05, 3.63) is 0 Å².